The number of carbonyl (C=O) groups excluding carboxylic acids is 1. The monoisotopic (exact) mass is 504 g/mol. The molecule has 0 N–H and O–H groups in total. The van der Waals surface area contributed by atoms with Crippen LogP contribution in [0.1, 0.15) is 74.1 Å². The van der Waals surface area contributed by atoms with Crippen LogP contribution in [0.15, 0.2) is 101 Å². The molecule has 4 nitrogen and oxygen atoms in total. The van der Waals surface area contributed by atoms with Crippen molar-refractivity contribution in [3.8, 4) is 0 Å². The summed E-state index contributed by atoms with van der Waals surface area (Å²) in [5, 5.41) is 0. The van der Waals surface area contributed by atoms with Gasteiger partial charge in [0.05, 0.1) is 12.0 Å². The van der Waals surface area contributed by atoms with Crippen LogP contribution >= 0.6 is 0 Å². The van der Waals surface area contributed by atoms with E-state index in [0.29, 0.717) is 6.61 Å². The summed E-state index contributed by atoms with van der Waals surface area (Å²) >= 11 is 0. The molecule has 1 saturated carbocycles. The van der Waals surface area contributed by atoms with Crippen molar-refractivity contribution in [1.29, 1.82) is 0 Å². The Labute approximate surface area is 226 Å². The molecule has 1 aliphatic heterocycles. The molecule has 194 valence electrons. The molecule has 1 fully saturated rings. The minimum absolute atomic E-state index is 0.00829. The summed E-state index contributed by atoms with van der Waals surface area (Å²) in [4.78, 5) is 21.3. The van der Waals surface area contributed by atoms with Crippen molar-refractivity contribution < 1.29 is 9.53 Å². The second-order valence-corrected chi connectivity index (χ2v) is 10.7. The predicted octanol–water partition coefficient (Wildman–Crippen LogP) is 7.95. The van der Waals surface area contributed by atoms with E-state index in [0.717, 1.165) is 56.3 Å². The van der Waals surface area contributed by atoms with E-state index >= 15 is 0 Å². The maximum Gasteiger partial charge on any atom is 0.314 e. The molecule has 4 heteroatoms. The van der Waals surface area contributed by atoms with Crippen LogP contribution in [0.2, 0.25) is 0 Å². The van der Waals surface area contributed by atoms with Crippen molar-refractivity contribution >= 4 is 17.4 Å². The Kier molecular flexibility index (Phi) is 7.39. The van der Waals surface area contributed by atoms with Crippen LogP contribution in [0.25, 0.3) is 0 Å². The van der Waals surface area contributed by atoms with E-state index in [9.17, 15) is 4.79 Å². The lowest BCUT2D eigenvalue weighted by molar-refractivity contribution is -0.147. The molecular weight excluding hydrogens is 468 g/mol. The summed E-state index contributed by atoms with van der Waals surface area (Å²) in [6.45, 7) is 1.19. The second-order valence-electron chi connectivity index (χ2n) is 10.7. The first-order chi connectivity index (χ1) is 18.8. The molecule has 0 saturated heterocycles. The Balaban J connectivity index is 1.33. The zero-order valence-electron chi connectivity index (χ0n) is 22.0. The summed E-state index contributed by atoms with van der Waals surface area (Å²) < 4.78 is 5.81. The number of esters is 1. The smallest absolute Gasteiger partial charge is 0.314 e. The van der Waals surface area contributed by atoms with Crippen LogP contribution in [0, 0.1) is 5.92 Å². The molecule has 3 aliphatic rings. The number of hydrogen-bond donors (Lipinski definition) is 0. The lowest BCUT2D eigenvalue weighted by Crippen LogP contribution is -2.33. The highest BCUT2D eigenvalue weighted by Crippen LogP contribution is 2.48. The molecular formula is C34H36N2O2. The highest BCUT2D eigenvalue weighted by Gasteiger charge is 2.36. The number of aliphatic imine (C=N–C) groups is 1. The first-order valence-corrected chi connectivity index (χ1v) is 14.2. The van der Waals surface area contributed by atoms with E-state index < -0.39 is 0 Å². The van der Waals surface area contributed by atoms with Crippen molar-refractivity contribution in [2.75, 3.05) is 4.90 Å². The minimum Gasteiger partial charge on any atom is -0.460 e. The van der Waals surface area contributed by atoms with Crippen molar-refractivity contribution in [2.45, 2.75) is 70.6 Å². The largest absolute Gasteiger partial charge is 0.460 e. The van der Waals surface area contributed by atoms with Crippen molar-refractivity contribution in [2.24, 2.45) is 10.9 Å². The molecule has 38 heavy (non-hydrogen) atoms. The number of nitrogens with zero attached hydrogens (tertiary/aromatic N) is 2. The number of ether oxygens (including phenoxy) is 1. The van der Waals surface area contributed by atoms with Crippen LogP contribution in [0.5, 0.6) is 0 Å². The van der Waals surface area contributed by atoms with Gasteiger partial charge in [-0.1, -0.05) is 85.3 Å². The lowest BCUT2D eigenvalue weighted by atomic mass is 9.81. The number of benzene rings is 3. The number of carbonyl (C=O) groups is 1. The van der Waals surface area contributed by atoms with Crippen molar-refractivity contribution in [1.82, 2.24) is 0 Å². The van der Waals surface area contributed by atoms with Gasteiger partial charge in [-0.15, -0.1) is 0 Å². The molecule has 6 rings (SSSR count). The molecule has 0 bridgehead atoms. The van der Waals surface area contributed by atoms with Gasteiger partial charge in [-0.25, -0.2) is 0 Å². The molecule has 2 unspecified atom stereocenters. The van der Waals surface area contributed by atoms with Crippen LogP contribution in [-0.4, -0.2) is 11.7 Å². The van der Waals surface area contributed by atoms with Gasteiger partial charge < -0.3 is 9.64 Å². The summed E-state index contributed by atoms with van der Waals surface area (Å²) in [7, 11) is 0. The highest BCUT2D eigenvalue weighted by atomic mass is 16.5. The van der Waals surface area contributed by atoms with Gasteiger partial charge in [0.25, 0.3) is 0 Å². The Hall–Kier alpha value is -3.66. The average Bonchev–Trinajstić information content (AvgIpc) is 2.99. The third-order valence-corrected chi connectivity index (χ3v) is 8.22. The number of para-hydroxylation sites is 1. The summed E-state index contributed by atoms with van der Waals surface area (Å²) in [5.74, 6) is -0.366. The van der Waals surface area contributed by atoms with E-state index in [1.807, 2.05) is 30.3 Å². The molecule has 0 amide bonds. The molecule has 0 aromatic heterocycles. The molecule has 2 atom stereocenters. The van der Waals surface area contributed by atoms with Gasteiger partial charge in [0.1, 0.15) is 6.61 Å². The van der Waals surface area contributed by atoms with E-state index in [1.54, 1.807) is 0 Å². The third kappa shape index (κ3) is 5.18. The third-order valence-electron chi connectivity index (χ3n) is 8.22. The molecule has 1 heterocycles. The molecule has 0 spiro atoms. The van der Waals surface area contributed by atoms with Crippen LogP contribution in [-0.2, 0) is 22.7 Å². The fraction of sp³-hybridized carbons (Fsp3) is 0.353. The van der Waals surface area contributed by atoms with E-state index in [1.165, 1.54) is 40.9 Å². The van der Waals surface area contributed by atoms with E-state index in [4.69, 9.17) is 9.73 Å². The number of rotatable bonds is 6. The predicted molar refractivity (Wildman–Crippen MR) is 153 cm³/mol. The van der Waals surface area contributed by atoms with E-state index in [2.05, 4.69) is 59.5 Å². The number of fused-ring (bicyclic) bond motifs is 1. The first kappa shape index (κ1) is 24.7. The quantitative estimate of drug-likeness (QED) is 0.320. The zero-order valence-corrected chi connectivity index (χ0v) is 22.0. The van der Waals surface area contributed by atoms with Crippen molar-refractivity contribution in [3.05, 3.63) is 113 Å². The number of hydrogen-bond acceptors (Lipinski definition) is 4. The normalized spacial score (nSPS) is 22.1. The topological polar surface area (TPSA) is 41.9 Å². The summed E-state index contributed by atoms with van der Waals surface area (Å²) in [6.07, 6.45) is 8.40. The van der Waals surface area contributed by atoms with E-state index in [-0.39, 0.29) is 17.9 Å². The number of allylic oxidation sites excluding steroid dienone is 1. The molecule has 2 aliphatic carbocycles. The minimum atomic E-state index is -0.241. The van der Waals surface area contributed by atoms with Gasteiger partial charge in [0.15, 0.2) is 0 Å². The second kappa shape index (κ2) is 11.4. The fourth-order valence-electron chi connectivity index (χ4n) is 6.31. The Morgan fingerprint density at radius 2 is 1.47 bits per heavy atom. The van der Waals surface area contributed by atoms with Gasteiger partial charge in [-0.2, -0.15) is 0 Å². The highest BCUT2D eigenvalue weighted by molar-refractivity contribution is 6.03. The molecule has 3 aromatic carbocycles. The Morgan fingerprint density at radius 1 is 0.789 bits per heavy atom. The summed E-state index contributed by atoms with van der Waals surface area (Å²) in [6, 6.07) is 29.4. The van der Waals surface area contributed by atoms with Crippen LogP contribution in [0.4, 0.5) is 5.69 Å². The summed E-state index contributed by atoms with van der Waals surface area (Å²) in [5.41, 5.74) is 8.77. The van der Waals surface area contributed by atoms with Gasteiger partial charge in [0, 0.05) is 29.2 Å². The SMILES string of the molecule is O=C(OCc1ccccc1)C1CCCCC1=NC1C2=C(CCCC2)N(Cc2ccccc2)c2ccccc21. The number of anilines is 1. The average molecular weight is 505 g/mol. The van der Waals surface area contributed by atoms with Gasteiger partial charge in [-0.05, 0) is 67.7 Å². The maximum atomic E-state index is 13.3. The van der Waals surface area contributed by atoms with Crippen LogP contribution in [0.3, 0.4) is 0 Å². The standard InChI is InChI=1S/C34H36N2O2/c37-34(38-24-26-15-5-2-6-16-26)27-17-7-10-20-30(27)35-33-28-18-8-11-21-31(28)36(23-25-13-3-1-4-14-25)32-22-12-9-19-29(32)33/h1-6,8,11,13-16,18,21,27,33H,7,9-10,12,17,19-20,22-24H2. The van der Waals surface area contributed by atoms with Gasteiger partial charge >= 0.3 is 5.97 Å². The molecule has 3 aromatic rings. The Bertz CT molecular complexity index is 1330. The zero-order chi connectivity index (χ0) is 25.7. The fourth-order valence-corrected chi connectivity index (χ4v) is 6.31. The van der Waals surface area contributed by atoms with Gasteiger partial charge in [0.2, 0.25) is 0 Å². The van der Waals surface area contributed by atoms with Crippen LogP contribution < -0.4 is 4.90 Å². The first-order valence-electron chi connectivity index (χ1n) is 14.2. The lowest BCUT2D eigenvalue weighted by Gasteiger charge is -2.41. The van der Waals surface area contributed by atoms with Gasteiger partial charge in [-0.3, -0.25) is 9.79 Å². The molecule has 0 radical (unpaired) electrons. The van der Waals surface area contributed by atoms with Crippen molar-refractivity contribution in [3.63, 3.8) is 0 Å². The maximum absolute atomic E-state index is 13.3. The Morgan fingerprint density at radius 3 is 2.29 bits per heavy atom.